The standard InChI is InChI=1S/C15H19ClN2O3/c1-9-4-5-12(6-13(9)16)17-14(19)15(20)18-7-10(2)21-11(3)8-18/h4-6,10-11H,7-8H2,1-3H3,(H,17,19). The van der Waals surface area contributed by atoms with E-state index in [0.29, 0.717) is 23.8 Å². The SMILES string of the molecule is Cc1ccc(NC(=O)C(=O)N2CC(C)OC(C)C2)cc1Cl. The topological polar surface area (TPSA) is 58.6 Å². The van der Waals surface area contributed by atoms with Gasteiger partial charge in [-0.3, -0.25) is 9.59 Å². The summed E-state index contributed by atoms with van der Waals surface area (Å²) in [5.41, 5.74) is 1.43. The van der Waals surface area contributed by atoms with Crippen molar-refractivity contribution in [1.29, 1.82) is 0 Å². The summed E-state index contributed by atoms with van der Waals surface area (Å²) in [7, 11) is 0. The highest BCUT2D eigenvalue weighted by Crippen LogP contribution is 2.20. The van der Waals surface area contributed by atoms with E-state index in [-0.39, 0.29) is 12.2 Å². The molecule has 0 aliphatic carbocycles. The number of ether oxygens (including phenoxy) is 1. The number of amides is 2. The largest absolute Gasteiger partial charge is 0.372 e. The van der Waals surface area contributed by atoms with E-state index < -0.39 is 11.8 Å². The number of nitrogens with zero attached hydrogens (tertiary/aromatic N) is 1. The molecule has 21 heavy (non-hydrogen) atoms. The molecule has 6 heteroatoms. The van der Waals surface area contributed by atoms with Crippen molar-refractivity contribution in [3.8, 4) is 0 Å². The lowest BCUT2D eigenvalue weighted by molar-refractivity contribution is -0.151. The highest BCUT2D eigenvalue weighted by molar-refractivity contribution is 6.39. The number of halogens is 1. The molecule has 0 bridgehead atoms. The lowest BCUT2D eigenvalue weighted by Crippen LogP contribution is -2.51. The summed E-state index contributed by atoms with van der Waals surface area (Å²) in [5.74, 6) is -1.20. The molecule has 1 aliphatic heterocycles. The van der Waals surface area contributed by atoms with E-state index in [0.717, 1.165) is 5.56 Å². The van der Waals surface area contributed by atoms with Gasteiger partial charge in [-0.25, -0.2) is 0 Å². The van der Waals surface area contributed by atoms with Gasteiger partial charge in [0.2, 0.25) is 0 Å². The molecule has 1 N–H and O–H groups in total. The molecule has 2 atom stereocenters. The van der Waals surface area contributed by atoms with Crippen molar-refractivity contribution in [3.05, 3.63) is 28.8 Å². The van der Waals surface area contributed by atoms with Crippen molar-refractivity contribution in [2.24, 2.45) is 0 Å². The Morgan fingerprint density at radius 1 is 1.29 bits per heavy atom. The quantitative estimate of drug-likeness (QED) is 0.809. The van der Waals surface area contributed by atoms with E-state index in [1.54, 1.807) is 18.2 Å². The number of morpholine rings is 1. The van der Waals surface area contributed by atoms with Crippen LogP contribution in [0.25, 0.3) is 0 Å². The van der Waals surface area contributed by atoms with Crippen molar-refractivity contribution in [2.75, 3.05) is 18.4 Å². The van der Waals surface area contributed by atoms with E-state index in [9.17, 15) is 9.59 Å². The Labute approximate surface area is 129 Å². The molecule has 5 nitrogen and oxygen atoms in total. The van der Waals surface area contributed by atoms with E-state index in [1.807, 2.05) is 20.8 Å². The third-order valence-corrected chi connectivity index (χ3v) is 3.74. The van der Waals surface area contributed by atoms with Crippen LogP contribution in [0, 0.1) is 6.92 Å². The van der Waals surface area contributed by atoms with E-state index in [4.69, 9.17) is 16.3 Å². The van der Waals surface area contributed by atoms with Crippen molar-refractivity contribution >= 4 is 29.1 Å². The van der Waals surface area contributed by atoms with Crippen molar-refractivity contribution < 1.29 is 14.3 Å². The van der Waals surface area contributed by atoms with Gasteiger partial charge < -0.3 is 15.0 Å². The Bertz CT molecular complexity index is 552. The third kappa shape index (κ3) is 3.95. The first-order valence-electron chi connectivity index (χ1n) is 6.88. The number of hydrogen-bond donors (Lipinski definition) is 1. The summed E-state index contributed by atoms with van der Waals surface area (Å²) in [6.45, 7) is 6.48. The number of nitrogens with one attached hydrogen (secondary N) is 1. The zero-order valence-electron chi connectivity index (χ0n) is 12.4. The minimum absolute atomic E-state index is 0.0701. The third-order valence-electron chi connectivity index (χ3n) is 3.33. The summed E-state index contributed by atoms with van der Waals surface area (Å²) in [4.78, 5) is 25.7. The van der Waals surface area contributed by atoms with Gasteiger partial charge in [0, 0.05) is 23.8 Å². The van der Waals surface area contributed by atoms with Crippen molar-refractivity contribution in [1.82, 2.24) is 4.90 Å². The Kier molecular flexibility index (Phi) is 4.85. The minimum atomic E-state index is -0.656. The molecule has 1 aliphatic rings. The molecule has 114 valence electrons. The fourth-order valence-corrected chi connectivity index (χ4v) is 2.52. The Hall–Kier alpha value is -1.59. The molecule has 1 aromatic rings. The Balaban J connectivity index is 2.02. The smallest absolute Gasteiger partial charge is 0.313 e. The summed E-state index contributed by atoms with van der Waals surface area (Å²) < 4.78 is 5.55. The predicted octanol–water partition coefficient (Wildman–Crippen LogP) is 2.22. The highest BCUT2D eigenvalue weighted by atomic mass is 35.5. The number of carbonyl (C=O) groups excluding carboxylic acids is 2. The number of benzene rings is 1. The second-order valence-electron chi connectivity index (χ2n) is 5.39. The van der Waals surface area contributed by atoms with Crippen molar-refractivity contribution in [2.45, 2.75) is 33.0 Å². The van der Waals surface area contributed by atoms with E-state index in [1.165, 1.54) is 4.90 Å². The number of anilines is 1. The van der Waals surface area contributed by atoms with Gasteiger partial charge in [0.15, 0.2) is 0 Å². The maximum Gasteiger partial charge on any atom is 0.313 e. The molecule has 1 heterocycles. The number of hydrogen-bond acceptors (Lipinski definition) is 3. The first-order chi connectivity index (χ1) is 9.86. The van der Waals surface area contributed by atoms with Crippen LogP contribution < -0.4 is 5.32 Å². The van der Waals surface area contributed by atoms with Crippen LogP contribution in [0.1, 0.15) is 19.4 Å². The van der Waals surface area contributed by atoms with Gasteiger partial charge in [0.05, 0.1) is 12.2 Å². The van der Waals surface area contributed by atoms with Crippen LogP contribution in [-0.2, 0) is 14.3 Å². The summed E-state index contributed by atoms with van der Waals surface area (Å²) >= 11 is 6.00. The predicted molar refractivity (Wildman–Crippen MR) is 81.4 cm³/mol. The second kappa shape index (κ2) is 6.45. The molecular formula is C15H19ClN2O3. The van der Waals surface area contributed by atoms with Gasteiger partial charge in [-0.05, 0) is 38.5 Å². The van der Waals surface area contributed by atoms with Gasteiger partial charge in [0.25, 0.3) is 0 Å². The molecule has 2 rings (SSSR count). The van der Waals surface area contributed by atoms with Gasteiger partial charge in [-0.2, -0.15) is 0 Å². The summed E-state index contributed by atoms with van der Waals surface area (Å²) in [6, 6.07) is 5.14. The fourth-order valence-electron chi connectivity index (χ4n) is 2.34. The molecule has 0 spiro atoms. The fraction of sp³-hybridized carbons (Fsp3) is 0.467. The molecule has 0 radical (unpaired) electrons. The van der Waals surface area contributed by atoms with Crippen LogP contribution in [0.2, 0.25) is 5.02 Å². The number of aryl methyl sites for hydroxylation is 1. The van der Waals surface area contributed by atoms with E-state index in [2.05, 4.69) is 5.32 Å². The van der Waals surface area contributed by atoms with Crippen LogP contribution in [-0.4, -0.2) is 42.0 Å². The average molecular weight is 311 g/mol. The molecule has 2 amide bonds. The Morgan fingerprint density at radius 3 is 2.48 bits per heavy atom. The molecule has 2 unspecified atom stereocenters. The molecule has 1 fully saturated rings. The Morgan fingerprint density at radius 2 is 1.90 bits per heavy atom. The maximum atomic E-state index is 12.2. The maximum absolute atomic E-state index is 12.2. The first kappa shape index (κ1) is 15.8. The van der Waals surface area contributed by atoms with Crippen LogP contribution >= 0.6 is 11.6 Å². The van der Waals surface area contributed by atoms with Crippen LogP contribution in [0.15, 0.2) is 18.2 Å². The van der Waals surface area contributed by atoms with Gasteiger partial charge in [-0.1, -0.05) is 17.7 Å². The average Bonchev–Trinajstić information content (AvgIpc) is 2.41. The summed E-state index contributed by atoms with van der Waals surface area (Å²) in [5, 5.41) is 3.13. The monoisotopic (exact) mass is 310 g/mol. The zero-order valence-corrected chi connectivity index (χ0v) is 13.1. The second-order valence-corrected chi connectivity index (χ2v) is 5.79. The van der Waals surface area contributed by atoms with Gasteiger partial charge >= 0.3 is 11.8 Å². The number of rotatable bonds is 1. The molecular weight excluding hydrogens is 292 g/mol. The zero-order chi connectivity index (χ0) is 15.6. The lowest BCUT2D eigenvalue weighted by Gasteiger charge is -2.34. The molecule has 1 saturated heterocycles. The first-order valence-corrected chi connectivity index (χ1v) is 7.26. The highest BCUT2D eigenvalue weighted by Gasteiger charge is 2.29. The molecule has 0 aromatic heterocycles. The van der Waals surface area contributed by atoms with E-state index >= 15 is 0 Å². The normalized spacial score (nSPS) is 22.0. The van der Waals surface area contributed by atoms with Crippen LogP contribution in [0.3, 0.4) is 0 Å². The summed E-state index contributed by atoms with van der Waals surface area (Å²) in [6.07, 6.45) is -0.140. The molecule has 1 aromatic carbocycles. The lowest BCUT2D eigenvalue weighted by atomic mass is 10.2. The van der Waals surface area contributed by atoms with Gasteiger partial charge in [-0.15, -0.1) is 0 Å². The minimum Gasteiger partial charge on any atom is -0.372 e. The van der Waals surface area contributed by atoms with Gasteiger partial charge in [0.1, 0.15) is 0 Å². The van der Waals surface area contributed by atoms with Crippen LogP contribution in [0.5, 0.6) is 0 Å². The van der Waals surface area contributed by atoms with Crippen molar-refractivity contribution in [3.63, 3.8) is 0 Å². The molecule has 0 saturated carbocycles. The number of carbonyl (C=O) groups is 2. The van der Waals surface area contributed by atoms with Crippen LogP contribution in [0.4, 0.5) is 5.69 Å².